The molecule has 0 saturated carbocycles. The predicted molar refractivity (Wildman–Crippen MR) is 105 cm³/mol. The number of benzene rings is 1. The number of nitrogens with zero attached hydrogens (tertiary/aromatic N) is 1. The van der Waals surface area contributed by atoms with Gasteiger partial charge in [-0.3, -0.25) is 9.69 Å². The zero-order valence-electron chi connectivity index (χ0n) is 14.5. The Bertz CT molecular complexity index is 458. The van der Waals surface area contributed by atoms with Crippen LogP contribution in [0, 0.1) is 0 Å². The molecule has 0 aliphatic carbocycles. The van der Waals surface area contributed by atoms with Gasteiger partial charge in [0, 0.05) is 25.6 Å². The van der Waals surface area contributed by atoms with Gasteiger partial charge in [0.05, 0.1) is 0 Å². The van der Waals surface area contributed by atoms with E-state index in [0.29, 0.717) is 13.0 Å². The summed E-state index contributed by atoms with van der Waals surface area (Å²) in [6.07, 6.45) is 5.77. The van der Waals surface area contributed by atoms with Gasteiger partial charge in [0.1, 0.15) is 0 Å². The molecule has 4 nitrogen and oxygen atoms in total. The molecule has 138 valence electrons. The van der Waals surface area contributed by atoms with Crippen LogP contribution in [0.15, 0.2) is 24.3 Å². The van der Waals surface area contributed by atoms with Gasteiger partial charge in [-0.05, 0) is 44.0 Å². The lowest BCUT2D eigenvalue weighted by Gasteiger charge is -2.19. The lowest BCUT2D eigenvalue weighted by molar-refractivity contribution is -0.121. The van der Waals surface area contributed by atoms with E-state index in [1.807, 2.05) is 6.92 Å². The van der Waals surface area contributed by atoms with Crippen LogP contribution < -0.4 is 11.1 Å². The SMILES string of the molecule is CC(N)CC(=O)NCc1ccc(CN2CCCCCC2)cc1.Cl.Cl. The fraction of sp³-hybridized carbons (Fsp3) is 0.611. The molecule has 24 heavy (non-hydrogen) atoms. The first-order valence-corrected chi connectivity index (χ1v) is 8.46. The van der Waals surface area contributed by atoms with Crippen molar-refractivity contribution < 1.29 is 4.79 Å². The van der Waals surface area contributed by atoms with Crippen molar-refractivity contribution in [1.82, 2.24) is 10.2 Å². The summed E-state index contributed by atoms with van der Waals surface area (Å²) in [5.41, 5.74) is 8.11. The minimum Gasteiger partial charge on any atom is -0.352 e. The highest BCUT2D eigenvalue weighted by Crippen LogP contribution is 2.13. The summed E-state index contributed by atoms with van der Waals surface area (Å²) < 4.78 is 0. The van der Waals surface area contributed by atoms with E-state index in [1.54, 1.807) is 0 Å². The van der Waals surface area contributed by atoms with Crippen LogP contribution in [0.3, 0.4) is 0 Å². The van der Waals surface area contributed by atoms with Gasteiger partial charge < -0.3 is 11.1 Å². The van der Waals surface area contributed by atoms with Crippen molar-refractivity contribution in [2.24, 2.45) is 5.73 Å². The van der Waals surface area contributed by atoms with E-state index in [-0.39, 0.29) is 36.8 Å². The van der Waals surface area contributed by atoms with Crippen LogP contribution >= 0.6 is 24.8 Å². The van der Waals surface area contributed by atoms with Crippen LogP contribution in [0.2, 0.25) is 0 Å². The predicted octanol–water partition coefficient (Wildman–Crippen LogP) is 3.26. The molecule has 1 atom stereocenters. The monoisotopic (exact) mass is 375 g/mol. The summed E-state index contributed by atoms with van der Waals surface area (Å²) in [5.74, 6) is 0.0173. The number of carbonyl (C=O) groups excluding carboxylic acids is 1. The maximum atomic E-state index is 11.6. The fourth-order valence-electron chi connectivity index (χ4n) is 2.88. The second-order valence-corrected chi connectivity index (χ2v) is 6.46. The zero-order chi connectivity index (χ0) is 15.8. The van der Waals surface area contributed by atoms with E-state index >= 15 is 0 Å². The molecule has 1 heterocycles. The van der Waals surface area contributed by atoms with Crippen LogP contribution in [0.25, 0.3) is 0 Å². The molecule has 1 aliphatic rings. The summed E-state index contributed by atoms with van der Waals surface area (Å²) in [4.78, 5) is 14.1. The number of likely N-dealkylation sites (tertiary alicyclic amines) is 1. The third-order valence-corrected chi connectivity index (χ3v) is 4.12. The van der Waals surface area contributed by atoms with Gasteiger partial charge in [-0.25, -0.2) is 0 Å². The largest absolute Gasteiger partial charge is 0.352 e. The van der Waals surface area contributed by atoms with Crippen molar-refractivity contribution in [2.45, 2.75) is 58.2 Å². The molecule has 3 N–H and O–H groups in total. The summed E-state index contributed by atoms with van der Waals surface area (Å²) in [7, 11) is 0. The van der Waals surface area contributed by atoms with Crippen molar-refractivity contribution in [3.05, 3.63) is 35.4 Å². The number of nitrogens with two attached hydrogens (primary N) is 1. The van der Waals surface area contributed by atoms with E-state index in [9.17, 15) is 4.79 Å². The van der Waals surface area contributed by atoms with E-state index in [4.69, 9.17) is 5.73 Å². The topological polar surface area (TPSA) is 58.4 Å². The first-order valence-electron chi connectivity index (χ1n) is 8.46. The average molecular weight is 376 g/mol. The highest BCUT2D eigenvalue weighted by Gasteiger charge is 2.09. The number of rotatable bonds is 6. The molecular weight excluding hydrogens is 345 g/mol. The molecule has 1 saturated heterocycles. The molecule has 1 amide bonds. The Kier molecular flexibility index (Phi) is 12.1. The van der Waals surface area contributed by atoms with E-state index < -0.39 is 0 Å². The standard InChI is InChI=1S/C18H29N3O.2ClH/c1-15(19)12-18(22)20-13-16-6-8-17(9-7-16)14-21-10-4-2-3-5-11-21;;/h6-9,15H,2-5,10-14,19H2,1H3,(H,20,22);2*1H. The van der Waals surface area contributed by atoms with E-state index in [1.165, 1.54) is 44.3 Å². The molecule has 1 aliphatic heterocycles. The first kappa shape index (κ1) is 23.2. The third kappa shape index (κ3) is 8.88. The van der Waals surface area contributed by atoms with Crippen molar-refractivity contribution in [3.63, 3.8) is 0 Å². The van der Waals surface area contributed by atoms with Gasteiger partial charge in [-0.1, -0.05) is 37.1 Å². The summed E-state index contributed by atoms with van der Waals surface area (Å²) >= 11 is 0. The molecule has 1 unspecified atom stereocenters. The second-order valence-electron chi connectivity index (χ2n) is 6.46. The first-order chi connectivity index (χ1) is 10.6. The summed E-state index contributed by atoms with van der Waals surface area (Å²) in [5, 5.41) is 2.91. The molecule has 6 heteroatoms. The van der Waals surface area contributed by atoms with Gasteiger partial charge in [-0.2, -0.15) is 0 Å². The molecule has 0 spiro atoms. The maximum Gasteiger partial charge on any atom is 0.221 e. The number of hydrogen-bond acceptors (Lipinski definition) is 3. The Morgan fingerprint density at radius 1 is 1.08 bits per heavy atom. The van der Waals surface area contributed by atoms with Gasteiger partial charge in [-0.15, -0.1) is 24.8 Å². The number of nitrogens with one attached hydrogen (secondary N) is 1. The minimum atomic E-state index is -0.0870. The molecule has 0 aromatic heterocycles. The molecule has 1 aromatic rings. The Labute approximate surface area is 158 Å². The molecule has 0 radical (unpaired) electrons. The molecule has 1 fully saturated rings. The minimum absolute atomic E-state index is 0. The van der Waals surface area contributed by atoms with Crippen LogP contribution in [0.5, 0.6) is 0 Å². The van der Waals surface area contributed by atoms with Crippen molar-refractivity contribution in [3.8, 4) is 0 Å². The number of halogens is 2. The molecular formula is C18H31Cl2N3O. The Balaban J connectivity index is 0.00000264. The van der Waals surface area contributed by atoms with Crippen molar-refractivity contribution in [2.75, 3.05) is 13.1 Å². The Morgan fingerprint density at radius 2 is 1.62 bits per heavy atom. The number of carbonyl (C=O) groups is 1. The molecule has 1 aromatic carbocycles. The molecule has 2 rings (SSSR count). The third-order valence-electron chi connectivity index (χ3n) is 4.12. The lowest BCUT2D eigenvalue weighted by atomic mass is 10.1. The fourth-order valence-corrected chi connectivity index (χ4v) is 2.88. The number of amides is 1. The van der Waals surface area contributed by atoms with Crippen molar-refractivity contribution in [1.29, 1.82) is 0 Å². The lowest BCUT2D eigenvalue weighted by Crippen LogP contribution is -2.29. The number of hydrogen-bond donors (Lipinski definition) is 2. The maximum absolute atomic E-state index is 11.6. The van der Waals surface area contributed by atoms with Crippen molar-refractivity contribution >= 4 is 30.7 Å². The highest BCUT2D eigenvalue weighted by atomic mass is 35.5. The van der Waals surface area contributed by atoms with Gasteiger partial charge in [0.25, 0.3) is 0 Å². The summed E-state index contributed by atoms with van der Waals surface area (Å²) in [6.45, 7) is 5.90. The second kappa shape index (κ2) is 12.5. The van der Waals surface area contributed by atoms with Crippen LogP contribution in [-0.4, -0.2) is 29.9 Å². The van der Waals surface area contributed by atoms with Crippen LogP contribution in [-0.2, 0) is 17.9 Å². The van der Waals surface area contributed by atoms with Gasteiger partial charge in [0.2, 0.25) is 5.91 Å². The highest BCUT2D eigenvalue weighted by molar-refractivity contribution is 5.85. The summed E-state index contributed by atoms with van der Waals surface area (Å²) in [6, 6.07) is 8.49. The zero-order valence-corrected chi connectivity index (χ0v) is 16.1. The average Bonchev–Trinajstić information content (AvgIpc) is 2.74. The van der Waals surface area contributed by atoms with E-state index in [0.717, 1.165) is 12.1 Å². The van der Waals surface area contributed by atoms with E-state index in [2.05, 4.69) is 34.5 Å². The van der Waals surface area contributed by atoms with Crippen LogP contribution in [0.1, 0.15) is 50.2 Å². The normalized spacial score (nSPS) is 16.2. The quantitative estimate of drug-likeness (QED) is 0.801. The smallest absolute Gasteiger partial charge is 0.221 e. The Morgan fingerprint density at radius 3 is 2.17 bits per heavy atom. The van der Waals surface area contributed by atoms with Gasteiger partial charge in [0.15, 0.2) is 0 Å². The Hall–Kier alpha value is -0.810. The van der Waals surface area contributed by atoms with Gasteiger partial charge >= 0.3 is 0 Å². The molecule has 0 bridgehead atoms. The van der Waals surface area contributed by atoms with Crippen LogP contribution in [0.4, 0.5) is 0 Å².